The lowest BCUT2D eigenvalue weighted by Gasteiger charge is -2.32. The van der Waals surface area contributed by atoms with E-state index in [1.807, 2.05) is 72.8 Å². The molecule has 10 heteroatoms. The number of azide groups is 1. The highest BCUT2D eigenvalue weighted by molar-refractivity contribution is 9.10. The Balaban J connectivity index is 1.80. The fourth-order valence-corrected chi connectivity index (χ4v) is 5.17. The highest BCUT2D eigenvalue weighted by atomic mass is 79.9. The molecule has 4 rings (SSSR count). The standard InChI is InChI=1S/C33H38BrN5O4/c1-32(2,3)17-18-36-31(41)33(21-25-7-4-5-8-26(25)22-37-39-35)29(23-9-13-27(34)14-10-23)43-30(38-33)24-11-15-28(16-12-24)42-20-6-19-40/h4-5,7-16,29,40H,6,17-22H2,1-3H3,(H,36,41)/t29-,33-/m1/s1. The van der Waals surface area contributed by atoms with Gasteiger partial charge in [-0.1, -0.05) is 78.2 Å². The van der Waals surface area contributed by atoms with Gasteiger partial charge in [0, 0.05) is 40.9 Å². The van der Waals surface area contributed by atoms with E-state index in [1.54, 1.807) is 0 Å². The van der Waals surface area contributed by atoms with E-state index in [0.717, 1.165) is 27.6 Å². The minimum atomic E-state index is -1.34. The van der Waals surface area contributed by atoms with Crippen LogP contribution in [0.3, 0.4) is 0 Å². The van der Waals surface area contributed by atoms with Gasteiger partial charge in [-0.15, -0.1) is 0 Å². The Bertz CT molecular complexity index is 1460. The van der Waals surface area contributed by atoms with Crippen molar-refractivity contribution in [1.82, 2.24) is 5.32 Å². The van der Waals surface area contributed by atoms with E-state index >= 15 is 0 Å². The van der Waals surface area contributed by atoms with E-state index in [2.05, 4.69) is 52.0 Å². The van der Waals surface area contributed by atoms with Crippen molar-refractivity contribution in [2.24, 2.45) is 15.5 Å². The van der Waals surface area contributed by atoms with E-state index in [1.165, 1.54) is 0 Å². The number of aliphatic imine (C=N–C) groups is 1. The molecule has 0 saturated heterocycles. The normalized spacial score (nSPS) is 17.9. The van der Waals surface area contributed by atoms with E-state index in [9.17, 15) is 4.79 Å². The van der Waals surface area contributed by atoms with E-state index < -0.39 is 11.6 Å². The summed E-state index contributed by atoms with van der Waals surface area (Å²) in [5, 5.41) is 16.0. The van der Waals surface area contributed by atoms with Crippen LogP contribution < -0.4 is 10.1 Å². The fraction of sp³-hybridized carbons (Fsp3) is 0.394. The summed E-state index contributed by atoms with van der Waals surface area (Å²) in [4.78, 5) is 22.4. The number of hydrogen-bond acceptors (Lipinski definition) is 6. The number of aliphatic hydroxyl groups is 1. The predicted molar refractivity (Wildman–Crippen MR) is 171 cm³/mol. The third-order valence-electron chi connectivity index (χ3n) is 7.25. The van der Waals surface area contributed by atoms with Gasteiger partial charge in [-0.05, 0) is 70.5 Å². The number of benzene rings is 3. The molecule has 0 unspecified atom stereocenters. The van der Waals surface area contributed by atoms with Crippen molar-refractivity contribution >= 4 is 27.7 Å². The first-order chi connectivity index (χ1) is 20.6. The molecule has 0 aromatic heterocycles. The van der Waals surface area contributed by atoms with Crippen LogP contribution >= 0.6 is 15.9 Å². The van der Waals surface area contributed by atoms with Gasteiger partial charge in [0.2, 0.25) is 5.90 Å². The monoisotopic (exact) mass is 647 g/mol. The number of carbonyl (C=O) groups excluding carboxylic acids is 1. The maximum absolute atomic E-state index is 14.4. The molecular formula is C33H38BrN5O4. The van der Waals surface area contributed by atoms with Crippen LogP contribution in [-0.2, 0) is 22.5 Å². The van der Waals surface area contributed by atoms with Crippen LogP contribution in [0, 0.1) is 5.41 Å². The van der Waals surface area contributed by atoms with Crippen molar-refractivity contribution in [1.29, 1.82) is 0 Å². The molecule has 0 fully saturated rings. The SMILES string of the molecule is CC(C)(C)CCNC(=O)[C@]1(Cc2ccccc2CN=[N+]=[N-])N=C(c2ccc(OCCCO)cc2)O[C@@H]1c1ccc(Br)cc1. The average molecular weight is 649 g/mol. The van der Waals surface area contributed by atoms with Crippen LogP contribution in [0.1, 0.15) is 62.0 Å². The maximum atomic E-state index is 14.4. The molecule has 0 bridgehead atoms. The lowest BCUT2D eigenvalue weighted by Crippen LogP contribution is -2.50. The smallest absolute Gasteiger partial charge is 0.252 e. The second-order valence-corrected chi connectivity index (χ2v) is 12.7. The van der Waals surface area contributed by atoms with Gasteiger partial charge in [-0.25, -0.2) is 4.99 Å². The van der Waals surface area contributed by atoms with Gasteiger partial charge in [0.25, 0.3) is 5.91 Å². The predicted octanol–water partition coefficient (Wildman–Crippen LogP) is 7.07. The van der Waals surface area contributed by atoms with Crippen LogP contribution in [0.25, 0.3) is 10.4 Å². The Morgan fingerprint density at radius 1 is 1.12 bits per heavy atom. The molecule has 1 aliphatic heterocycles. The van der Waals surface area contributed by atoms with Crippen LogP contribution in [0.5, 0.6) is 5.75 Å². The highest BCUT2D eigenvalue weighted by Crippen LogP contribution is 2.43. The third kappa shape index (κ3) is 8.38. The van der Waals surface area contributed by atoms with Crippen molar-refractivity contribution in [2.75, 3.05) is 19.8 Å². The van der Waals surface area contributed by atoms with Crippen LogP contribution in [0.2, 0.25) is 0 Å². The molecule has 0 spiro atoms. The summed E-state index contributed by atoms with van der Waals surface area (Å²) in [7, 11) is 0. The molecule has 9 nitrogen and oxygen atoms in total. The molecule has 0 radical (unpaired) electrons. The molecule has 0 aliphatic carbocycles. The number of ether oxygens (including phenoxy) is 2. The first-order valence-electron chi connectivity index (χ1n) is 14.4. The van der Waals surface area contributed by atoms with E-state index in [4.69, 9.17) is 25.1 Å². The minimum absolute atomic E-state index is 0.0368. The summed E-state index contributed by atoms with van der Waals surface area (Å²) in [6.07, 6.45) is 0.845. The average Bonchev–Trinajstić information content (AvgIpc) is 3.37. The van der Waals surface area contributed by atoms with Crippen molar-refractivity contribution < 1.29 is 19.4 Å². The number of halogens is 1. The van der Waals surface area contributed by atoms with Crippen molar-refractivity contribution in [3.8, 4) is 5.75 Å². The highest BCUT2D eigenvalue weighted by Gasteiger charge is 2.53. The summed E-state index contributed by atoms with van der Waals surface area (Å²) < 4.78 is 13.2. The van der Waals surface area contributed by atoms with Crippen LogP contribution in [-0.4, -0.2) is 42.2 Å². The zero-order valence-electron chi connectivity index (χ0n) is 24.8. The summed E-state index contributed by atoms with van der Waals surface area (Å²) >= 11 is 3.52. The molecule has 2 atom stereocenters. The summed E-state index contributed by atoms with van der Waals surface area (Å²) in [5.41, 5.74) is 10.9. The molecule has 226 valence electrons. The van der Waals surface area contributed by atoms with Gasteiger partial charge >= 0.3 is 0 Å². The van der Waals surface area contributed by atoms with Crippen molar-refractivity contribution in [2.45, 2.75) is 58.2 Å². The molecule has 1 heterocycles. The van der Waals surface area contributed by atoms with E-state index in [-0.39, 0.29) is 30.9 Å². The first-order valence-corrected chi connectivity index (χ1v) is 15.2. The van der Waals surface area contributed by atoms with Gasteiger partial charge in [0.1, 0.15) is 5.75 Å². The summed E-state index contributed by atoms with van der Waals surface area (Å²) in [6, 6.07) is 22.7. The molecule has 3 aromatic rings. The van der Waals surface area contributed by atoms with Crippen LogP contribution in [0.15, 0.2) is 87.4 Å². The molecular weight excluding hydrogens is 610 g/mol. The number of aliphatic hydroxyl groups excluding tert-OH is 1. The number of rotatable bonds is 13. The molecule has 1 amide bonds. The molecule has 2 N–H and O–H groups in total. The molecule has 43 heavy (non-hydrogen) atoms. The third-order valence-corrected chi connectivity index (χ3v) is 7.77. The van der Waals surface area contributed by atoms with Gasteiger partial charge in [0.05, 0.1) is 13.2 Å². The first kappa shape index (κ1) is 32.1. The van der Waals surface area contributed by atoms with Gasteiger partial charge in [-0.3, -0.25) is 4.79 Å². The molecule has 0 saturated carbocycles. The van der Waals surface area contributed by atoms with Gasteiger partial charge in [0.15, 0.2) is 11.6 Å². The second kappa shape index (κ2) is 14.6. The Morgan fingerprint density at radius 3 is 2.47 bits per heavy atom. The Labute approximate surface area is 261 Å². The lowest BCUT2D eigenvalue weighted by molar-refractivity contribution is -0.129. The Kier molecular flexibility index (Phi) is 10.9. The quantitative estimate of drug-likeness (QED) is 0.0889. The largest absolute Gasteiger partial charge is 0.494 e. The van der Waals surface area contributed by atoms with Crippen molar-refractivity contribution in [3.63, 3.8) is 0 Å². The number of hydrogen-bond donors (Lipinski definition) is 2. The number of nitrogens with zero attached hydrogens (tertiary/aromatic N) is 4. The minimum Gasteiger partial charge on any atom is -0.494 e. The van der Waals surface area contributed by atoms with Gasteiger partial charge < -0.3 is 19.9 Å². The number of carbonyl (C=O) groups is 1. The maximum Gasteiger partial charge on any atom is 0.252 e. The van der Waals surface area contributed by atoms with Gasteiger partial charge in [-0.2, -0.15) is 0 Å². The summed E-state index contributed by atoms with van der Waals surface area (Å²) in [6.45, 7) is 7.53. The van der Waals surface area contributed by atoms with E-state index in [0.29, 0.717) is 36.8 Å². The number of nitrogens with one attached hydrogen (secondary N) is 1. The van der Waals surface area contributed by atoms with Crippen molar-refractivity contribution in [3.05, 3.63) is 110 Å². The zero-order valence-corrected chi connectivity index (χ0v) is 26.4. The lowest BCUT2D eigenvalue weighted by atomic mass is 9.80. The Hall–Kier alpha value is -3.85. The molecule has 3 aromatic carbocycles. The number of amides is 1. The second-order valence-electron chi connectivity index (χ2n) is 11.7. The Morgan fingerprint density at radius 2 is 1.81 bits per heavy atom. The fourth-order valence-electron chi connectivity index (χ4n) is 4.91. The molecule has 1 aliphatic rings. The topological polar surface area (TPSA) is 129 Å². The zero-order chi connectivity index (χ0) is 30.9. The summed E-state index contributed by atoms with van der Waals surface area (Å²) in [5.74, 6) is 0.786. The van der Waals surface area contributed by atoms with Crippen LogP contribution in [0.4, 0.5) is 0 Å².